The van der Waals surface area contributed by atoms with Crippen LogP contribution in [0.3, 0.4) is 0 Å². The molecule has 0 spiro atoms. The fourth-order valence-electron chi connectivity index (χ4n) is 7.10. The second-order valence-electron chi connectivity index (χ2n) is 12.4. The van der Waals surface area contributed by atoms with Crippen molar-refractivity contribution in [3.05, 3.63) is 70.8 Å². The van der Waals surface area contributed by atoms with Gasteiger partial charge in [0.2, 0.25) is 0 Å². The molecule has 13 heteroatoms. The average Bonchev–Trinajstić information content (AvgIpc) is 3.78. The van der Waals surface area contributed by atoms with Crippen molar-refractivity contribution in [2.24, 2.45) is 0 Å². The second kappa shape index (κ2) is 11.9. The lowest BCUT2D eigenvalue weighted by molar-refractivity contribution is -0.0716. The molecule has 4 aliphatic rings. The molecule has 4 aromatic rings. The van der Waals surface area contributed by atoms with Crippen LogP contribution in [0.4, 0.5) is 5.69 Å². The molecule has 12 nitrogen and oxygen atoms in total. The van der Waals surface area contributed by atoms with Crippen molar-refractivity contribution in [1.29, 1.82) is 0 Å². The molecule has 0 aliphatic carbocycles. The van der Waals surface area contributed by atoms with Crippen molar-refractivity contribution in [3.63, 3.8) is 0 Å². The molecule has 246 valence electrons. The molecular formula is C34H36ClN5O7. The molecule has 0 saturated carbocycles. The SMILES string of the molecule is COC(=O)c1cc(OC)c2nc(CN3CCN(c4cccc5c4OC(C)(c4ccc(Cl)cn4)O5)[C@H]4COC[C@H]43)n(C[C@@H]3CCO3)c2c1. The van der Waals surface area contributed by atoms with Crippen LogP contribution in [0, 0.1) is 0 Å². The van der Waals surface area contributed by atoms with E-state index in [0.29, 0.717) is 65.3 Å². The second-order valence-corrected chi connectivity index (χ2v) is 12.8. The number of methoxy groups -OCH3 is 2. The first-order chi connectivity index (χ1) is 22.8. The average molecular weight is 662 g/mol. The predicted molar refractivity (Wildman–Crippen MR) is 172 cm³/mol. The Hall–Kier alpha value is -4.10. The Labute approximate surface area is 277 Å². The van der Waals surface area contributed by atoms with Gasteiger partial charge in [0, 0.05) is 32.8 Å². The topological polar surface area (TPSA) is 110 Å². The highest BCUT2D eigenvalue weighted by Gasteiger charge is 2.46. The zero-order valence-corrected chi connectivity index (χ0v) is 27.2. The largest absolute Gasteiger partial charge is 0.494 e. The van der Waals surface area contributed by atoms with Gasteiger partial charge in [-0.2, -0.15) is 0 Å². The number of rotatable bonds is 8. The zero-order chi connectivity index (χ0) is 32.3. The summed E-state index contributed by atoms with van der Waals surface area (Å²) in [6, 6.07) is 13.3. The number of carbonyl (C=O) groups excluding carboxylic acids is 1. The molecule has 47 heavy (non-hydrogen) atoms. The summed E-state index contributed by atoms with van der Waals surface area (Å²) in [5, 5.41) is 0.552. The first kappa shape index (κ1) is 30.2. The quantitative estimate of drug-likeness (QED) is 0.251. The molecule has 0 N–H and O–H groups in total. The van der Waals surface area contributed by atoms with Crippen molar-refractivity contribution >= 4 is 34.3 Å². The van der Waals surface area contributed by atoms with Gasteiger partial charge in [0.25, 0.3) is 5.79 Å². The van der Waals surface area contributed by atoms with Gasteiger partial charge in [0.05, 0.1) is 80.5 Å². The lowest BCUT2D eigenvalue weighted by atomic mass is 10.0. The molecule has 1 unspecified atom stereocenters. The van der Waals surface area contributed by atoms with Gasteiger partial charge < -0.3 is 37.9 Å². The predicted octanol–water partition coefficient (Wildman–Crippen LogP) is 4.40. The molecule has 2 aromatic heterocycles. The number of nitrogens with zero attached hydrogens (tertiary/aromatic N) is 5. The Balaban J connectivity index is 1.08. The number of fused-ring (bicyclic) bond motifs is 3. The molecule has 6 heterocycles. The van der Waals surface area contributed by atoms with E-state index < -0.39 is 11.8 Å². The maximum absolute atomic E-state index is 12.5. The van der Waals surface area contributed by atoms with Crippen LogP contribution >= 0.6 is 11.6 Å². The highest BCUT2D eigenvalue weighted by molar-refractivity contribution is 6.30. The lowest BCUT2D eigenvalue weighted by Crippen LogP contribution is -2.59. The summed E-state index contributed by atoms with van der Waals surface area (Å²) in [5.41, 5.74) is 3.56. The number of halogens is 1. The number of aromatic nitrogens is 3. The Bertz CT molecular complexity index is 1830. The van der Waals surface area contributed by atoms with Crippen molar-refractivity contribution in [2.75, 3.05) is 52.0 Å². The first-order valence-electron chi connectivity index (χ1n) is 15.8. The van der Waals surface area contributed by atoms with Crippen molar-refractivity contribution < 1.29 is 33.2 Å². The van der Waals surface area contributed by atoms with Gasteiger partial charge >= 0.3 is 5.97 Å². The minimum Gasteiger partial charge on any atom is -0.494 e. The molecule has 3 saturated heterocycles. The Morgan fingerprint density at radius 2 is 1.96 bits per heavy atom. The van der Waals surface area contributed by atoms with E-state index >= 15 is 0 Å². The van der Waals surface area contributed by atoms with Crippen molar-refractivity contribution in [3.8, 4) is 17.2 Å². The highest BCUT2D eigenvalue weighted by atomic mass is 35.5. The number of esters is 1. The molecule has 4 aliphatic heterocycles. The molecule has 3 fully saturated rings. The molecule has 0 radical (unpaired) electrons. The van der Waals surface area contributed by atoms with Crippen LogP contribution < -0.4 is 19.1 Å². The van der Waals surface area contributed by atoms with Gasteiger partial charge in [-0.05, 0) is 42.8 Å². The van der Waals surface area contributed by atoms with Crippen molar-refractivity contribution in [2.45, 2.75) is 50.4 Å². The third-order valence-electron chi connectivity index (χ3n) is 9.64. The molecular weight excluding hydrogens is 626 g/mol. The molecule has 0 bridgehead atoms. The van der Waals surface area contributed by atoms with Gasteiger partial charge in [0.15, 0.2) is 11.5 Å². The summed E-state index contributed by atoms with van der Waals surface area (Å²) in [5.74, 6) is 1.29. The van der Waals surface area contributed by atoms with Crippen LogP contribution in [0.5, 0.6) is 17.2 Å². The van der Waals surface area contributed by atoms with E-state index in [9.17, 15) is 4.79 Å². The lowest BCUT2D eigenvalue weighted by Gasteiger charge is -2.44. The van der Waals surface area contributed by atoms with Crippen LogP contribution in [-0.2, 0) is 33.1 Å². The standard InChI is InChI=1S/C34H36ClN5O7/c1-34(29-8-7-21(35)15-36-29)46-27-6-4-5-23(32(27)47-34)39-11-10-38(25-18-44-19-26(25)39)17-30-37-31-24(40(30)16-22-9-12-45-22)13-20(33(41)43-3)14-28(31)42-2/h4-8,13-15,22,25-26H,9-12,16-19H2,1-3H3/t22-,25+,26-,34?/m0/s1. The number of anilines is 1. The van der Waals surface area contributed by atoms with Crippen LogP contribution in [0.1, 0.15) is 35.2 Å². The summed E-state index contributed by atoms with van der Waals surface area (Å²) in [7, 11) is 2.97. The Kier molecular flexibility index (Phi) is 7.63. The Morgan fingerprint density at radius 3 is 2.70 bits per heavy atom. The maximum Gasteiger partial charge on any atom is 0.338 e. The molecule has 4 atom stereocenters. The number of pyridine rings is 1. The third kappa shape index (κ3) is 5.23. The number of carbonyl (C=O) groups is 1. The number of hydrogen-bond acceptors (Lipinski definition) is 11. The van der Waals surface area contributed by atoms with Crippen LogP contribution in [0.2, 0.25) is 5.02 Å². The minimum absolute atomic E-state index is 0.0904. The maximum atomic E-state index is 12.5. The molecule has 8 rings (SSSR count). The fourth-order valence-corrected chi connectivity index (χ4v) is 7.21. The number of ether oxygens (including phenoxy) is 6. The van der Waals surface area contributed by atoms with Gasteiger partial charge in [-0.3, -0.25) is 9.88 Å². The molecule has 2 aromatic carbocycles. The summed E-state index contributed by atoms with van der Waals surface area (Å²) in [6.45, 7) is 6.57. The van der Waals surface area contributed by atoms with Crippen molar-refractivity contribution in [1.82, 2.24) is 19.4 Å². The fraction of sp³-hybridized carbons (Fsp3) is 0.441. The zero-order valence-electron chi connectivity index (χ0n) is 26.5. The number of hydrogen-bond donors (Lipinski definition) is 0. The highest BCUT2D eigenvalue weighted by Crippen LogP contribution is 2.50. The smallest absolute Gasteiger partial charge is 0.338 e. The summed E-state index contributed by atoms with van der Waals surface area (Å²) < 4.78 is 37.7. The first-order valence-corrected chi connectivity index (χ1v) is 16.2. The Morgan fingerprint density at radius 1 is 1.11 bits per heavy atom. The number of benzene rings is 2. The molecule has 0 amide bonds. The normalized spacial score (nSPS) is 25.1. The summed E-state index contributed by atoms with van der Waals surface area (Å²) in [4.78, 5) is 26.9. The van der Waals surface area contributed by atoms with E-state index in [1.807, 2.05) is 31.2 Å². The summed E-state index contributed by atoms with van der Waals surface area (Å²) >= 11 is 6.09. The van der Waals surface area contributed by atoms with E-state index in [4.69, 9.17) is 45.0 Å². The van der Waals surface area contributed by atoms with Crippen LogP contribution in [0.15, 0.2) is 48.7 Å². The van der Waals surface area contributed by atoms with Crippen LogP contribution in [0.25, 0.3) is 11.0 Å². The monoisotopic (exact) mass is 661 g/mol. The van der Waals surface area contributed by atoms with E-state index in [1.54, 1.807) is 25.4 Å². The number of para-hydroxylation sites is 1. The van der Waals surface area contributed by atoms with Crippen LogP contribution in [-0.4, -0.2) is 90.7 Å². The van der Waals surface area contributed by atoms with Gasteiger partial charge in [-0.25, -0.2) is 9.78 Å². The number of imidazole rings is 1. The van der Waals surface area contributed by atoms with Gasteiger partial charge in [-0.1, -0.05) is 17.7 Å². The summed E-state index contributed by atoms with van der Waals surface area (Å²) in [6.07, 6.45) is 2.67. The van der Waals surface area contributed by atoms with Gasteiger partial charge in [0.1, 0.15) is 22.8 Å². The minimum atomic E-state index is -1.07. The van der Waals surface area contributed by atoms with E-state index in [0.717, 1.165) is 43.1 Å². The van der Waals surface area contributed by atoms with Gasteiger partial charge in [-0.15, -0.1) is 0 Å². The van der Waals surface area contributed by atoms with E-state index in [-0.39, 0.29) is 18.2 Å². The third-order valence-corrected chi connectivity index (χ3v) is 9.87. The van der Waals surface area contributed by atoms with E-state index in [2.05, 4.69) is 25.4 Å². The number of piperazine rings is 1. The van der Waals surface area contributed by atoms with E-state index in [1.165, 1.54) is 7.11 Å².